The quantitative estimate of drug-likeness (QED) is 0.484. The molecule has 0 aliphatic heterocycles. The summed E-state index contributed by atoms with van der Waals surface area (Å²) < 4.78 is 4.73. The van der Waals surface area contributed by atoms with Crippen LogP contribution in [0.3, 0.4) is 0 Å². The van der Waals surface area contributed by atoms with Gasteiger partial charge in [0.25, 0.3) is 0 Å². The molecule has 2 aromatic rings. The molecule has 0 bridgehead atoms. The van der Waals surface area contributed by atoms with E-state index in [9.17, 15) is 9.59 Å². The summed E-state index contributed by atoms with van der Waals surface area (Å²) in [7, 11) is 1.23. The Hall–Kier alpha value is -2.39. The molecule has 0 radical (unpaired) electrons. The van der Waals surface area contributed by atoms with E-state index < -0.39 is 16.6 Å². The molecule has 3 nitrogen and oxygen atoms in total. The summed E-state index contributed by atoms with van der Waals surface area (Å²) >= 11 is 6.36. The minimum atomic E-state index is -1.78. The molecule has 2 aromatic carbocycles. The molecule has 0 N–H and O–H groups in total. The van der Waals surface area contributed by atoms with Gasteiger partial charge >= 0.3 is 5.97 Å². The van der Waals surface area contributed by atoms with Gasteiger partial charge in [0.1, 0.15) is 0 Å². The van der Waals surface area contributed by atoms with Crippen LogP contribution in [0.4, 0.5) is 0 Å². The topological polar surface area (TPSA) is 43.4 Å². The standard InChI is InChI=1S/C20H17ClO3/c1-24-19(23)20(21)17-11-9-15(13-16(17)10-12-18(20)22)8-7-14-5-3-2-4-6-14/h2-6,9-13H,7-8H2,1H3/t20-/m1/s1. The largest absolute Gasteiger partial charge is 0.467 e. The smallest absolute Gasteiger partial charge is 0.339 e. The molecule has 4 heteroatoms. The fourth-order valence-corrected chi connectivity index (χ4v) is 3.23. The van der Waals surface area contributed by atoms with Gasteiger partial charge in [0.15, 0.2) is 5.78 Å². The number of methoxy groups -OCH3 is 1. The van der Waals surface area contributed by atoms with Crippen molar-refractivity contribution in [2.75, 3.05) is 7.11 Å². The molecular formula is C20H17ClO3. The Balaban J connectivity index is 1.88. The number of carbonyl (C=O) groups is 2. The van der Waals surface area contributed by atoms with E-state index in [0.717, 1.165) is 24.0 Å². The van der Waals surface area contributed by atoms with Gasteiger partial charge in [-0.15, -0.1) is 0 Å². The van der Waals surface area contributed by atoms with E-state index in [-0.39, 0.29) is 0 Å². The summed E-state index contributed by atoms with van der Waals surface area (Å²) in [6, 6.07) is 15.9. The zero-order valence-electron chi connectivity index (χ0n) is 13.3. The predicted octanol–water partition coefficient (Wildman–Crippen LogP) is 3.67. The molecule has 0 amide bonds. The second-order valence-electron chi connectivity index (χ2n) is 5.75. The fourth-order valence-electron chi connectivity index (χ4n) is 2.92. The van der Waals surface area contributed by atoms with Gasteiger partial charge < -0.3 is 4.74 Å². The van der Waals surface area contributed by atoms with Crippen molar-refractivity contribution in [2.45, 2.75) is 17.7 Å². The SMILES string of the molecule is COC(=O)[C@]1(Cl)C(=O)C=Cc2cc(CCc3ccccc3)ccc21. The Morgan fingerprint density at radius 3 is 2.46 bits per heavy atom. The summed E-state index contributed by atoms with van der Waals surface area (Å²) in [5, 5.41) is 0. The lowest BCUT2D eigenvalue weighted by molar-refractivity contribution is -0.146. The number of esters is 1. The lowest BCUT2D eigenvalue weighted by Crippen LogP contribution is -2.40. The van der Waals surface area contributed by atoms with Gasteiger partial charge in [-0.2, -0.15) is 0 Å². The molecule has 1 atom stereocenters. The number of ketones is 1. The van der Waals surface area contributed by atoms with Crippen molar-refractivity contribution in [1.29, 1.82) is 0 Å². The van der Waals surface area contributed by atoms with E-state index in [1.807, 2.05) is 30.3 Å². The third-order valence-corrected chi connectivity index (χ3v) is 4.80. The molecule has 0 spiro atoms. The van der Waals surface area contributed by atoms with Crippen molar-refractivity contribution in [3.05, 3.63) is 76.9 Å². The fraction of sp³-hybridized carbons (Fsp3) is 0.200. The van der Waals surface area contributed by atoms with Crippen LogP contribution in [0.25, 0.3) is 6.08 Å². The van der Waals surface area contributed by atoms with Gasteiger partial charge in [-0.05, 0) is 41.2 Å². The highest BCUT2D eigenvalue weighted by Gasteiger charge is 2.48. The Labute approximate surface area is 145 Å². The van der Waals surface area contributed by atoms with Crippen molar-refractivity contribution in [2.24, 2.45) is 0 Å². The number of halogens is 1. The first-order valence-electron chi connectivity index (χ1n) is 7.73. The monoisotopic (exact) mass is 340 g/mol. The third-order valence-electron chi connectivity index (χ3n) is 4.25. The molecule has 0 unspecified atom stereocenters. The number of hydrogen-bond acceptors (Lipinski definition) is 3. The van der Waals surface area contributed by atoms with Gasteiger partial charge in [-0.3, -0.25) is 4.79 Å². The van der Waals surface area contributed by atoms with Crippen LogP contribution < -0.4 is 0 Å². The van der Waals surface area contributed by atoms with Crippen molar-refractivity contribution >= 4 is 29.4 Å². The van der Waals surface area contributed by atoms with Crippen LogP contribution in [-0.2, 0) is 32.0 Å². The number of ether oxygens (including phenoxy) is 1. The number of rotatable bonds is 4. The van der Waals surface area contributed by atoms with Gasteiger partial charge in [-0.1, -0.05) is 66.2 Å². The Kier molecular flexibility index (Phi) is 4.54. The van der Waals surface area contributed by atoms with Crippen molar-refractivity contribution in [3.8, 4) is 0 Å². The first-order valence-corrected chi connectivity index (χ1v) is 8.10. The van der Waals surface area contributed by atoms with Crippen LogP contribution in [0.5, 0.6) is 0 Å². The summed E-state index contributed by atoms with van der Waals surface area (Å²) in [5.41, 5.74) is 3.65. The number of alkyl halides is 1. The summed E-state index contributed by atoms with van der Waals surface area (Å²) in [5.74, 6) is -1.22. The summed E-state index contributed by atoms with van der Waals surface area (Å²) in [6.45, 7) is 0. The number of carbonyl (C=O) groups excluding carboxylic acids is 2. The van der Waals surface area contributed by atoms with Crippen LogP contribution >= 0.6 is 11.6 Å². The normalized spacial score (nSPS) is 19.0. The highest BCUT2D eigenvalue weighted by Crippen LogP contribution is 2.38. The van der Waals surface area contributed by atoms with Crippen molar-refractivity contribution in [3.63, 3.8) is 0 Å². The maximum atomic E-state index is 12.2. The number of allylic oxidation sites excluding steroid dienone is 1. The predicted molar refractivity (Wildman–Crippen MR) is 93.9 cm³/mol. The molecular weight excluding hydrogens is 324 g/mol. The zero-order chi connectivity index (χ0) is 17.2. The highest BCUT2D eigenvalue weighted by molar-refractivity contribution is 6.48. The van der Waals surface area contributed by atoms with Gasteiger partial charge in [0.2, 0.25) is 4.87 Å². The minimum absolute atomic E-state index is 0.472. The van der Waals surface area contributed by atoms with Gasteiger partial charge in [0, 0.05) is 0 Å². The highest BCUT2D eigenvalue weighted by atomic mass is 35.5. The van der Waals surface area contributed by atoms with E-state index in [0.29, 0.717) is 5.56 Å². The number of aryl methyl sites for hydroxylation is 2. The van der Waals surface area contributed by atoms with Crippen molar-refractivity contribution < 1.29 is 14.3 Å². The molecule has 0 fully saturated rings. The minimum Gasteiger partial charge on any atom is -0.467 e. The van der Waals surface area contributed by atoms with Crippen LogP contribution in [0, 0.1) is 0 Å². The molecule has 24 heavy (non-hydrogen) atoms. The lowest BCUT2D eigenvalue weighted by atomic mass is 9.84. The average molecular weight is 341 g/mol. The van der Waals surface area contributed by atoms with E-state index in [1.54, 1.807) is 12.1 Å². The van der Waals surface area contributed by atoms with E-state index in [2.05, 4.69) is 12.1 Å². The molecule has 0 heterocycles. The molecule has 1 aliphatic rings. The molecule has 1 aliphatic carbocycles. The van der Waals surface area contributed by atoms with Crippen LogP contribution in [0.2, 0.25) is 0 Å². The second kappa shape index (κ2) is 6.62. The lowest BCUT2D eigenvalue weighted by Gasteiger charge is -2.27. The third kappa shape index (κ3) is 2.87. The second-order valence-corrected chi connectivity index (χ2v) is 6.32. The Morgan fingerprint density at radius 1 is 1.04 bits per heavy atom. The summed E-state index contributed by atoms with van der Waals surface area (Å²) in [4.78, 5) is 22.4. The zero-order valence-corrected chi connectivity index (χ0v) is 14.0. The molecule has 0 aromatic heterocycles. The van der Waals surface area contributed by atoms with E-state index >= 15 is 0 Å². The Morgan fingerprint density at radius 2 is 1.75 bits per heavy atom. The molecule has 3 rings (SSSR count). The van der Waals surface area contributed by atoms with Crippen LogP contribution in [0.15, 0.2) is 54.6 Å². The molecule has 0 saturated carbocycles. The number of benzene rings is 2. The van der Waals surface area contributed by atoms with Gasteiger partial charge in [0.05, 0.1) is 7.11 Å². The average Bonchev–Trinajstić information content (AvgIpc) is 2.63. The maximum absolute atomic E-state index is 12.2. The maximum Gasteiger partial charge on any atom is 0.339 e. The first kappa shape index (κ1) is 16.5. The van der Waals surface area contributed by atoms with E-state index in [1.165, 1.54) is 18.7 Å². The van der Waals surface area contributed by atoms with Gasteiger partial charge in [-0.25, -0.2) is 4.79 Å². The number of hydrogen-bond donors (Lipinski definition) is 0. The van der Waals surface area contributed by atoms with Crippen molar-refractivity contribution in [1.82, 2.24) is 0 Å². The molecule has 0 saturated heterocycles. The molecule has 122 valence electrons. The Bertz CT molecular complexity index is 811. The first-order chi connectivity index (χ1) is 11.6. The number of fused-ring (bicyclic) bond motifs is 1. The van der Waals surface area contributed by atoms with Crippen LogP contribution in [0.1, 0.15) is 22.3 Å². The van der Waals surface area contributed by atoms with E-state index in [4.69, 9.17) is 16.3 Å². The van der Waals surface area contributed by atoms with Crippen LogP contribution in [-0.4, -0.2) is 18.9 Å². The summed E-state index contributed by atoms with van der Waals surface area (Å²) in [6.07, 6.45) is 4.83.